The van der Waals surface area contributed by atoms with Crippen LogP contribution in [0.15, 0.2) is 12.5 Å². The Bertz CT molecular complexity index is 765. The molecular formula is C17H27N7O6. The van der Waals surface area contributed by atoms with Crippen LogP contribution in [0.1, 0.15) is 26.0 Å². The number of H-pyrrole nitrogens is 1. The van der Waals surface area contributed by atoms with Gasteiger partial charge in [0.2, 0.25) is 23.6 Å². The zero-order valence-corrected chi connectivity index (χ0v) is 16.7. The molecule has 30 heavy (non-hydrogen) atoms. The van der Waals surface area contributed by atoms with Crippen LogP contribution in [0.3, 0.4) is 0 Å². The monoisotopic (exact) mass is 425 g/mol. The molecule has 1 heterocycles. The highest BCUT2D eigenvalue weighted by molar-refractivity contribution is 5.93. The molecule has 0 bridgehead atoms. The SMILES string of the molecule is CC(C)C(NC(=O)CNC(=O)C(N)Cc1cnc[nH]1)C(=O)NC(CC(N)=O)C(=O)O. The van der Waals surface area contributed by atoms with Gasteiger partial charge in [0.1, 0.15) is 12.1 Å². The minimum atomic E-state index is -1.52. The van der Waals surface area contributed by atoms with E-state index in [2.05, 4.69) is 25.9 Å². The number of primary amides is 1. The van der Waals surface area contributed by atoms with Crippen LogP contribution in [-0.2, 0) is 30.4 Å². The van der Waals surface area contributed by atoms with Crippen LogP contribution in [0.25, 0.3) is 0 Å². The number of nitrogens with one attached hydrogen (secondary N) is 4. The van der Waals surface area contributed by atoms with Crippen molar-refractivity contribution in [1.82, 2.24) is 25.9 Å². The van der Waals surface area contributed by atoms with Crippen LogP contribution in [0, 0.1) is 5.92 Å². The number of nitrogens with zero attached hydrogens (tertiary/aromatic N) is 1. The molecule has 0 fully saturated rings. The van der Waals surface area contributed by atoms with E-state index in [1.165, 1.54) is 12.5 Å². The van der Waals surface area contributed by atoms with Crippen molar-refractivity contribution in [2.24, 2.45) is 17.4 Å². The highest BCUT2D eigenvalue weighted by Crippen LogP contribution is 2.04. The number of aromatic amines is 1. The van der Waals surface area contributed by atoms with Crippen LogP contribution >= 0.6 is 0 Å². The van der Waals surface area contributed by atoms with E-state index < -0.39 is 66.6 Å². The molecule has 3 unspecified atom stereocenters. The van der Waals surface area contributed by atoms with Gasteiger partial charge < -0.3 is 37.5 Å². The number of hydrogen-bond acceptors (Lipinski definition) is 7. The minimum Gasteiger partial charge on any atom is -0.480 e. The van der Waals surface area contributed by atoms with E-state index >= 15 is 0 Å². The predicted molar refractivity (Wildman–Crippen MR) is 103 cm³/mol. The Morgan fingerprint density at radius 2 is 1.83 bits per heavy atom. The molecule has 0 saturated heterocycles. The minimum absolute atomic E-state index is 0.195. The van der Waals surface area contributed by atoms with E-state index in [1.807, 2.05) is 0 Å². The van der Waals surface area contributed by atoms with Crippen LogP contribution in [0.2, 0.25) is 0 Å². The largest absolute Gasteiger partial charge is 0.480 e. The summed E-state index contributed by atoms with van der Waals surface area (Å²) in [5.74, 6) is -4.79. The summed E-state index contributed by atoms with van der Waals surface area (Å²) in [4.78, 5) is 65.3. The fraction of sp³-hybridized carbons (Fsp3) is 0.529. The molecule has 0 radical (unpaired) electrons. The topological polar surface area (TPSA) is 222 Å². The third kappa shape index (κ3) is 8.26. The number of rotatable bonds is 12. The van der Waals surface area contributed by atoms with E-state index in [0.717, 1.165) is 0 Å². The number of carbonyl (C=O) groups is 5. The van der Waals surface area contributed by atoms with Gasteiger partial charge in [0, 0.05) is 18.3 Å². The number of aromatic nitrogens is 2. The average molecular weight is 425 g/mol. The summed E-state index contributed by atoms with van der Waals surface area (Å²) in [5.41, 5.74) is 11.4. The van der Waals surface area contributed by atoms with Crippen molar-refractivity contribution in [3.8, 4) is 0 Å². The molecule has 13 nitrogen and oxygen atoms in total. The Kier molecular flexibility index (Phi) is 9.42. The van der Waals surface area contributed by atoms with Crippen LogP contribution in [-0.4, -0.2) is 69.3 Å². The normalized spacial score (nSPS) is 13.7. The second-order valence-corrected chi connectivity index (χ2v) is 6.96. The van der Waals surface area contributed by atoms with E-state index in [9.17, 15) is 24.0 Å². The Morgan fingerprint density at radius 3 is 2.33 bits per heavy atom. The smallest absolute Gasteiger partial charge is 0.326 e. The molecule has 1 aromatic heterocycles. The van der Waals surface area contributed by atoms with Gasteiger partial charge in [0.05, 0.1) is 25.3 Å². The average Bonchev–Trinajstić information content (AvgIpc) is 3.15. The van der Waals surface area contributed by atoms with Gasteiger partial charge in [-0.2, -0.15) is 0 Å². The molecule has 0 aliphatic rings. The van der Waals surface area contributed by atoms with Gasteiger partial charge in [-0.3, -0.25) is 19.2 Å². The third-order valence-electron chi connectivity index (χ3n) is 4.04. The summed E-state index contributed by atoms with van der Waals surface area (Å²) < 4.78 is 0. The number of carbonyl (C=O) groups excluding carboxylic acids is 4. The lowest BCUT2D eigenvalue weighted by Gasteiger charge is -2.24. The summed E-state index contributed by atoms with van der Waals surface area (Å²) >= 11 is 0. The molecule has 0 saturated carbocycles. The van der Waals surface area contributed by atoms with Gasteiger partial charge in [-0.15, -0.1) is 0 Å². The number of aliphatic carboxylic acids is 1. The van der Waals surface area contributed by atoms with Crippen LogP contribution in [0.4, 0.5) is 0 Å². The molecule has 13 heteroatoms. The Hall–Kier alpha value is -3.48. The summed E-state index contributed by atoms with van der Waals surface area (Å²) in [7, 11) is 0. The lowest BCUT2D eigenvalue weighted by atomic mass is 10.0. The van der Waals surface area contributed by atoms with Crippen LogP contribution in [0.5, 0.6) is 0 Å². The molecule has 0 aromatic carbocycles. The number of carboxylic acid groups (broad SMARTS) is 1. The molecule has 0 aliphatic carbocycles. The first-order valence-corrected chi connectivity index (χ1v) is 9.12. The van der Waals surface area contributed by atoms with Crippen molar-refractivity contribution in [3.05, 3.63) is 18.2 Å². The maximum atomic E-state index is 12.4. The molecule has 0 spiro atoms. The van der Waals surface area contributed by atoms with E-state index in [1.54, 1.807) is 13.8 Å². The maximum Gasteiger partial charge on any atom is 0.326 e. The first-order chi connectivity index (χ1) is 14.0. The molecule has 1 aromatic rings. The number of imidazole rings is 1. The van der Waals surface area contributed by atoms with Crippen molar-refractivity contribution in [3.63, 3.8) is 0 Å². The van der Waals surface area contributed by atoms with Gasteiger partial charge in [0.25, 0.3) is 0 Å². The molecule has 9 N–H and O–H groups in total. The lowest BCUT2D eigenvalue weighted by Crippen LogP contribution is -2.56. The number of hydrogen-bond donors (Lipinski definition) is 7. The van der Waals surface area contributed by atoms with E-state index in [0.29, 0.717) is 5.69 Å². The third-order valence-corrected chi connectivity index (χ3v) is 4.04. The summed E-state index contributed by atoms with van der Waals surface area (Å²) in [6, 6.07) is -3.52. The molecule has 4 amide bonds. The van der Waals surface area contributed by atoms with Gasteiger partial charge in [0.15, 0.2) is 0 Å². The van der Waals surface area contributed by atoms with Crippen molar-refractivity contribution in [1.29, 1.82) is 0 Å². The Balaban J connectivity index is 2.59. The number of nitrogens with two attached hydrogens (primary N) is 2. The van der Waals surface area contributed by atoms with Gasteiger partial charge >= 0.3 is 5.97 Å². The molecule has 166 valence electrons. The van der Waals surface area contributed by atoms with E-state index in [-0.39, 0.29) is 6.42 Å². The summed E-state index contributed by atoms with van der Waals surface area (Å²) in [6.07, 6.45) is 2.57. The van der Waals surface area contributed by atoms with Crippen molar-refractivity contribution < 1.29 is 29.1 Å². The van der Waals surface area contributed by atoms with Gasteiger partial charge in [-0.25, -0.2) is 9.78 Å². The van der Waals surface area contributed by atoms with E-state index in [4.69, 9.17) is 16.6 Å². The maximum absolute atomic E-state index is 12.4. The van der Waals surface area contributed by atoms with Gasteiger partial charge in [-0.05, 0) is 5.92 Å². The number of amides is 4. The summed E-state index contributed by atoms with van der Waals surface area (Å²) in [5, 5.41) is 16.0. The highest BCUT2D eigenvalue weighted by Gasteiger charge is 2.29. The quantitative estimate of drug-likeness (QED) is 0.182. The summed E-state index contributed by atoms with van der Waals surface area (Å²) in [6.45, 7) is 2.83. The molecular weight excluding hydrogens is 398 g/mol. The highest BCUT2D eigenvalue weighted by atomic mass is 16.4. The fourth-order valence-corrected chi connectivity index (χ4v) is 2.45. The van der Waals surface area contributed by atoms with Crippen molar-refractivity contribution in [2.75, 3.05) is 6.54 Å². The van der Waals surface area contributed by atoms with Gasteiger partial charge in [-0.1, -0.05) is 13.8 Å². The zero-order valence-electron chi connectivity index (χ0n) is 16.7. The Labute approximate surface area is 172 Å². The fourth-order valence-electron chi connectivity index (χ4n) is 2.45. The second kappa shape index (κ2) is 11.5. The van der Waals surface area contributed by atoms with Crippen molar-refractivity contribution in [2.45, 2.75) is 44.8 Å². The second-order valence-electron chi connectivity index (χ2n) is 6.96. The standard InChI is InChI=1S/C17H27N7O6/c1-8(2)14(16(28)23-11(17(29)30)4-12(19)25)24-13(26)6-21-15(27)10(18)3-9-5-20-7-22-9/h5,7-8,10-11,14H,3-4,6,18H2,1-2H3,(H2,19,25)(H,20,22)(H,21,27)(H,23,28)(H,24,26)(H,29,30). The first kappa shape index (κ1) is 24.6. The molecule has 0 aliphatic heterocycles. The zero-order chi connectivity index (χ0) is 22.8. The molecule has 3 atom stereocenters. The molecule has 1 rings (SSSR count). The van der Waals surface area contributed by atoms with Crippen LogP contribution < -0.4 is 27.4 Å². The first-order valence-electron chi connectivity index (χ1n) is 9.12. The number of carboxylic acids is 1. The predicted octanol–water partition coefficient (Wildman–Crippen LogP) is -3.02. The van der Waals surface area contributed by atoms with Crippen molar-refractivity contribution >= 4 is 29.6 Å². The lowest BCUT2D eigenvalue weighted by molar-refractivity contribution is -0.144. The Morgan fingerprint density at radius 1 is 1.17 bits per heavy atom.